The summed E-state index contributed by atoms with van der Waals surface area (Å²) < 4.78 is 13.9. The maximum atomic E-state index is 6.93. The van der Waals surface area contributed by atoms with Crippen molar-refractivity contribution >= 4 is 99.5 Å². The summed E-state index contributed by atoms with van der Waals surface area (Å²) in [6, 6.07) is 122. The van der Waals surface area contributed by atoms with Crippen molar-refractivity contribution in [3.05, 3.63) is 340 Å². The average Bonchev–Trinajstić information content (AvgIpc) is 1.55. The summed E-state index contributed by atoms with van der Waals surface area (Å²) in [5, 5.41) is 8.54. The Morgan fingerprint density at radius 3 is 0.889 bits per heavy atom. The standard InChI is InChI=1S/C86H56N2O2/c1-7-23-57(24-8-1)63-41-45-79(73(51-63)61-31-15-5-16-32-61)87(77-37-21-19-35-71(77)59-27-11-3-12-28-59)69-43-39-65-53-75-83(55-67(65)49-69)89-81-47-48-82-86(85(75)81)76-54-66-40-44-70(50-68(66)56-84(76)90-82)88(78-38-22-20-36-72(78)60-29-13-4-14-30-60)80-46-42-64(58-25-9-2-10-26-58)52-74(80)62-33-17-6-18-34-62/h1-56H. The number of hydrogen-bond donors (Lipinski definition) is 0. The van der Waals surface area contributed by atoms with Gasteiger partial charge in [0.25, 0.3) is 0 Å². The molecule has 0 aliphatic carbocycles. The Hall–Kier alpha value is -12.0. The van der Waals surface area contributed by atoms with E-state index < -0.39 is 0 Å². The van der Waals surface area contributed by atoms with Crippen LogP contribution in [-0.2, 0) is 0 Å². The van der Waals surface area contributed by atoms with Crippen LogP contribution >= 0.6 is 0 Å². The normalized spacial score (nSPS) is 11.6. The van der Waals surface area contributed by atoms with E-state index in [4.69, 9.17) is 8.83 Å². The minimum Gasteiger partial charge on any atom is -0.456 e. The van der Waals surface area contributed by atoms with Gasteiger partial charge in [0.2, 0.25) is 0 Å². The second-order valence-corrected chi connectivity index (χ2v) is 23.1. The van der Waals surface area contributed by atoms with E-state index in [1.165, 1.54) is 11.1 Å². The average molecular weight is 1150 g/mol. The van der Waals surface area contributed by atoms with E-state index in [1.807, 2.05) is 0 Å². The van der Waals surface area contributed by atoms with Gasteiger partial charge in [-0.2, -0.15) is 0 Å². The first-order valence-corrected chi connectivity index (χ1v) is 30.7. The SMILES string of the molecule is c1ccc(-c2ccc(N(c3ccc4cc5c(cc4c3)oc3ccc4oc6cc7cc(N(c8ccccc8-c8ccccc8)c8ccc(-c9ccccc9)cc8-c8ccccc8)ccc7cc6c4c35)c3ccccc3-c3ccccc3)c(-c3ccccc3)c2)cc1. The molecule has 0 unspecified atom stereocenters. The highest BCUT2D eigenvalue weighted by atomic mass is 16.3. The van der Waals surface area contributed by atoms with E-state index in [9.17, 15) is 0 Å². The lowest BCUT2D eigenvalue weighted by atomic mass is 9.95. The van der Waals surface area contributed by atoms with Gasteiger partial charge in [-0.25, -0.2) is 0 Å². The topological polar surface area (TPSA) is 32.8 Å². The first-order chi connectivity index (χ1) is 44.6. The molecule has 15 aromatic carbocycles. The Labute approximate surface area is 521 Å². The zero-order valence-electron chi connectivity index (χ0n) is 49.0. The third-order valence-electron chi connectivity index (χ3n) is 17.8. The Bertz CT molecular complexity index is 5180. The van der Waals surface area contributed by atoms with Crippen molar-refractivity contribution in [2.24, 2.45) is 0 Å². The number of fused-ring (bicyclic) bond motifs is 9. The Morgan fingerprint density at radius 1 is 0.189 bits per heavy atom. The van der Waals surface area contributed by atoms with Crippen molar-refractivity contribution in [3.8, 4) is 66.8 Å². The predicted molar refractivity (Wildman–Crippen MR) is 378 cm³/mol. The number of rotatable bonds is 12. The van der Waals surface area contributed by atoms with E-state index in [0.29, 0.717) is 0 Å². The smallest absolute Gasteiger partial charge is 0.136 e. The van der Waals surface area contributed by atoms with Gasteiger partial charge in [0.15, 0.2) is 0 Å². The maximum Gasteiger partial charge on any atom is 0.136 e. The highest BCUT2D eigenvalue weighted by molar-refractivity contribution is 6.28. The Kier molecular flexibility index (Phi) is 12.8. The first kappa shape index (κ1) is 52.4. The number of benzene rings is 15. The van der Waals surface area contributed by atoms with Crippen LogP contribution in [0.15, 0.2) is 349 Å². The van der Waals surface area contributed by atoms with Crippen LogP contribution in [0, 0.1) is 0 Å². The van der Waals surface area contributed by atoms with Crippen molar-refractivity contribution < 1.29 is 8.83 Å². The third-order valence-corrected chi connectivity index (χ3v) is 17.8. The zero-order valence-corrected chi connectivity index (χ0v) is 49.0. The van der Waals surface area contributed by atoms with Crippen molar-refractivity contribution in [2.75, 3.05) is 9.80 Å². The minimum atomic E-state index is 0.816. The van der Waals surface area contributed by atoms with E-state index >= 15 is 0 Å². The van der Waals surface area contributed by atoms with Gasteiger partial charge in [0.05, 0.1) is 22.7 Å². The van der Waals surface area contributed by atoms with Gasteiger partial charge in [-0.1, -0.05) is 243 Å². The minimum absolute atomic E-state index is 0.816. The molecule has 0 bridgehead atoms. The highest BCUT2D eigenvalue weighted by Crippen LogP contribution is 2.50. The Morgan fingerprint density at radius 2 is 0.511 bits per heavy atom. The third kappa shape index (κ3) is 9.25. The van der Waals surface area contributed by atoms with Crippen LogP contribution in [0.5, 0.6) is 0 Å². The van der Waals surface area contributed by atoms with Crippen LogP contribution in [0.3, 0.4) is 0 Å². The van der Waals surface area contributed by atoms with Crippen molar-refractivity contribution in [2.45, 2.75) is 0 Å². The molecular formula is C86H56N2O2. The van der Waals surface area contributed by atoms with Crippen LogP contribution < -0.4 is 9.80 Å². The molecule has 0 fully saturated rings. The number of para-hydroxylation sites is 2. The molecule has 0 aliphatic heterocycles. The predicted octanol–water partition coefficient (Wildman–Crippen LogP) is 24.7. The fourth-order valence-corrected chi connectivity index (χ4v) is 13.5. The molecule has 0 saturated heterocycles. The molecule has 0 N–H and O–H groups in total. The molecule has 17 rings (SSSR count). The number of anilines is 6. The van der Waals surface area contributed by atoms with Crippen molar-refractivity contribution in [1.29, 1.82) is 0 Å². The van der Waals surface area contributed by atoms with Crippen LogP contribution in [0.25, 0.3) is 132 Å². The molecule has 0 radical (unpaired) electrons. The lowest BCUT2D eigenvalue weighted by Gasteiger charge is -2.30. The summed E-state index contributed by atoms with van der Waals surface area (Å²) in [5.74, 6) is 0. The van der Waals surface area contributed by atoms with Gasteiger partial charge in [-0.15, -0.1) is 0 Å². The van der Waals surface area contributed by atoms with Crippen LogP contribution in [-0.4, -0.2) is 0 Å². The number of furan rings is 2. The summed E-state index contributed by atoms with van der Waals surface area (Å²) in [7, 11) is 0. The number of hydrogen-bond acceptors (Lipinski definition) is 4. The molecule has 17 aromatic rings. The van der Waals surface area contributed by atoms with E-state index in [2.05, 4.69) is 350 Å². The van der Waals surface area contributed by atoms with Crippen LogP contribution in [0.2, 0.25) is 0 Å². The maximum absolute atomic E-state index is 6.93. The largest absolute Gasteiger partial charge is 0.456 e. The van der Waals surface area contributed by atoms with E-state index in [0.717, 1.165) is 155 Å². The van der Waals surface area contributed by atoms with E-state index in [-0.39, 0.29) is 0 Å². The molecule has 0 atom stereocenters. The number of nitrogens with zero attached hydrogens (tertiary/aromatic N) is 2. The molecule has 4 nitrogen and oxygen atoms in total. The van der Waals surface area contributed by atoms with Crippen molar-refractivity contribution in [3.63, 3.8) is 0 Å². The fourth-order valence-electron chi connectivity index (χ4n) is 13.5. The summed E-state index contributed by atoms with van der Waals surface area (Å²) in [6.45, 7) is 0. The summed E-state index contributed by atoms with van der Waals surface area (Å²) in [5.41, 5.74) is 23.4. The summed E-state index contributed by atoms with van der Waals surface area (Å²) >= 11 is 0. The van der Waals surface area contributed by atoms with Gasteiger partial charge in [0.1, 0.15) is 22.3 Å². The zero-order chi connectivity index (χ0) is 59.5. The molecule has 0 spiro atoms. The molecule has 0 amide bonds. The summed E-state index contributed by atoms with van der Waals surface area (Å²) in [4.78, 5) is 4.87. The quantitative estimate of drug-likeness (QED) is 0.122. The highest BCUT2D eigenvalue weighted by Gasteiger charge is 2.25. The molecule has 4 heteroatoms. The lowest BCUT2D eigenvalue weighted by molar-refractivity contribution is 0.663. The Balaban J connectivity index is 0.810. The molecule has 0 saturated carbocycles. The van der Waals surface area contributed by atoms with E-state index in [1.54, 1.807) is 0 Å². The molecular weight excluding hydrogens is 1090 g/mol. The molecule has 2 aromatic heterocycles. The molecule has 2 heterocycles. The van der Waals surface area contributed by atoms with Crippen molar-refractivity contribution in [1.82, 2.24) is 0 Å². The monoisotopic (exact) mass is 1150 g/mol. The van der Waals surface area contributed by atoms with Gasteiger partial charge < -0.3 is 18.6 Å². The van der Waals surface area contributed by atoms with Gasteiger partial charge >= 0.3 is 0 Å². The fraction of sp³-hybridized carbons (Fsp3) is 0. The van der Waals surface area contributed by atoms with Crippen LogP contribution in [0.4, 0.5) is 34.1 Å². The molecule has 90 heavy (non-hydrogen) atoms. The second-order valence-electron chi connectivity index (χ2n) is 23.1. The lowest BCUT2D eigenvalue weighted by Crippen LogP contribution is -2.12. The second kappa shape index (κ2) is 22.1. The van der Waals surface area contributed by atoms with Gasteiger partial charge in [-0.3, -0.25) is 0 Å². The van der Waals surface area contributed by atoms with Gasteiger partial charge in [0, 0.05) is 55.2 Å². The summed E-state index contributed by atoms with van der Waals surface area (Å²) in [6.07, 6.45) is 0. The molecule has 0 aliphatic rings. The van der Waals surface area contributed by atoms with Gasteiger partial charge in [-0.05, 0) is 163 Å². The molecule has 422 valence electrons. The first-order valence-electron chi connectivity index (χ1n) is 30.7. The van der Waals surface area contributed by atoms with Crippen LogP contribution in [0.1, 0.15) is 0 Å².